The molecular weight excluding hydrogens is 450 g/mol. The highest BCUT2D eigenvalue weighted by molar-refractivity contribution is 5.88. The van der Waals surface area contributed by atoms with Gasteiger partial charge in [-0.25, -0.2) is 0 Å². The molecule has 0 N–H and O–H groups in total. The highest BCUT2D eigenvalue weighted by Gasteiger charge is 2.10. The summed E-state index contributed by atoms with van der Waals surface area (Å²) in [4.78, 5) is 0. The van der Waals surface area contributed by atoms with Gasteiger partial charge in [-0.1, -0.05) is 62.6 Å². The van der Waals surface area contributed by atoms with Crippen LogP contribution >= 0.6 is 0 Å². The van der Waals surface area contributed by atoms with Crippen LogP contribution in [0, 0.1) is 0 Å². The van der Waals surface area contributed by atoms with Crippen LogP contribution in [0.15, 0.2) is 42.5 Å². The molecule has 0 amide bonds. The van der Waals surface area contributed by atoms with Gasteiger partial charge in [-0.15, -0.1) is 0 Å². The van der Waals surface area contributed by atoms with Gasteiger partial charge in [0, 0.05) is 12.0 Å². The molecule has 2 aromatic rings. The maximum absolute atomic E-state index is 6.24. The van der Waals surface area contributed by atoms with E-state index < -0.39 is 0 Å². The van der Waals surface area contributed by atoms with E-state index in [0.29, 0.717) is 6.10 Å². The van der Waals surface area contributed by atoms with E-state index in [0.717, 1.165) is 29.9 Å². The highest BCUT2D eigenvalue weighted by atomic mass is 79.9. The first-order chi connectivity index (χ1) is 14.5. The van der Waals surface area contributed by atoms with E-state index in [9.17, 15) is 0 Å². The van der Waals surface area contributed by atoms with Crippen LogP contribution in [-0.2, 0) is 4.74 Å². The molecular formula is C27H44BrNO2. The molecule has 0 bridgehead atoms. The lowest BCUT2D eigenvalue weighted by Crippen LogP contribution is -3.00. The van der Waals surface area contributed by atoms with Gasteiger partial charge in [0.1, 0.15) is 5.75 Å². The number of halogens is 1. The molecule has 0 radical (unpaired) electrons. The Morgan fingerprint density at radius 2 is 1.48 bits per heavy atom. The van der Waals surface area contributed by atoms with Crippen molar-refractivity contribution in [2.75, 3.05) is 40.9 Å². The van der Waals surface area contributed by atoms with E-state index in [1.165, 1.54) is 68.7 Å². The summed E-state index contributed by atoms with van der Waals surface area (Å²) in [5.41, 5.74) is 0. The zero-order valence-electron chi connectivity index (χ0n) is 20.2. The number of hydrogen-bond donors (Lipinski definition) is 0. The number of unbranched alkanes of at least 4 members (excludes halogenated alkanes) is 4. The van der Waals surface area contributed by atoms with Crippen LogP contribution in [0.25, 0.3) is 10.8 Å². The van der Waals surface area contributed by atoms with Gasteiger partial charge >= 0.3 is 0 Å². The zero-order valence-corrected chi connectivity index (χ0v) is 21.8. The molecule has 1 unspecified atom stereocenters. The Morgan fingerprint density at radius 3 is 2.26 bits per heavy atom. The monoisotopic (exact) mass is 493 g/mol. The maximum atomic E-state index is 6.24. The number of benzene rings is 2. The molecule has 3 nitrogen and oxygen atoms in total. The van der Waals surface area contributed by atoms with E-state index in [-0.39, 0.29) is 17.0 Å². The normalized spacial score (nSPS) is 12.5. The molecule has 0 saturated heterocycles. The minimum Gasteiger partial charge on any atom is -1.00 e. The minimum absolute atomic E-state index is 0. The third kappa shape index (κ3) is 11.9. The second-order valence-corrected chi connectivity index (χ2v) is 9.53. The lowest BCUT2D eigenvalue weighted by atomic mass is 10.1. The van der Waals surface area contributed by atoms with Crippen molar-refractivity contribution in [3.8, 4) is 5.75 Å². The number of fused-ring (bicyclic) bond motifs is 1. The van der Waals surface area contributed by atoms with Gasteiger partial charge in [0.05, 0.1) is 40.4 Å². The predicted octanol–water partition coefficient (Wildman–Crippen LogP) is 3.84. The molecule has 0 fully saturated rings. The summed E-state index contributed by atoms with van der Waals surface area (Å²) in [5, 5.41) is 2.45. The molecule has 0 aromatic heterocycles. The molecule has 2 rings (SSSR count). The lowest BCUT2D eigenvalue weighted by Gasteiger charge is -2.24. The van der Waals surface area contributed by atoms with Crippen molar-refractivity contribution in [1.82, 2.24) is 0 Å². The summed E-state index contributed by atoms with van der Waals surface area (Å²) in [5.74, 6) is 1.01. The summed E-state index contributed by atoms with van der Waals surface area (Å²) >= 11 is 0. The van der Waals surface area contributed by atoms with Crippen molar-refractivity contribution >= 4 is 10.8 Å². The van der Waals surface area contributed by atoms with Crippen LogP contribution in [0.3, 0.4) is 0 Å². The van der Waals surface area contributed by atoms with E-state index >= 15 is 0 Å². The number of nitrogens with zero attached hydrogens (tertiary/aromatic N) is 1. The van der Waals surface area contributed by atoms with E-state index in [2.05, 4.69) is 70.5 Å². The second-order valence-electron chi connectivity index (χ2n) is 9.53. The molecule has 176 valence electrons. The minimum atomic E-state index is 0. The maximum Gasteiger partial charge on any atom is 0.127 e. The fraction of sp³-hybridized carbons (Fsp3) is 0.630. The van der Waals surface area contributed by atoms with E-state index in [4.69, 9.17) is 9.47 Å². The molecule has 31 heavy (non-hydrogen) atoms. The van der Waals surface area contributed by atoms with Gasteiger partial charge < -0.3 is 30.9 Å². The first-order valence-electron chi connectivity index (χ1n) is 12.0. The molecule has 0 saturated carbocycles. The average Bonchev–Trinajstić information content (AvgIpc) is 2.72. The van der Waals surface area contributed by atoms with Gasteiger partial charge in [0.25, 0.3) is 0 Å². The van der Waals surface area contributed by atoms with Gasteiger partial charge in [-0.05, 0) is 50.0 Å². The van der Waals surface area contributed by atoms with Gasteiger partial charge in [-0.2, -0.15) is 0 Å². The summed E-state index contributed by atoms with van der Waals surface area (Å²) < 4.78 is 13.4. The summed E-state index contributed by atoms with van der Waals surface area (Å²) in [6.45, 7) is 5.20. The van der Waals surface area contributed by atoms with E-state index in [1.54, 1.807) is 0 Å². The smallest absolute Gasteiger partial charge is 0.127 e. The Morgan fingerprint density at radius 1 is 0.774 bits per heavy atom. The average molecular weight is 495 g/mol. The second kappa shape index (κ2) is 15.7. The lowest BCUT2D eigenvalue weighted by molar-refractivity contribution is -0.870. The van der Waals surface area contributed by atoms with Crippen molar-refractivity contribution in [2.24, 2.45) is 0 Å². The molecule has 0 aliphatic rings. The Hall–Kier alpha value is -1.10. The molecule has 0 spiro atoms. The fourth-order valence-electron chi connectivity index (χ4n) is 3.84. The van der Waals surface area contributed by atoms with Crippen LogP contribution < -0.4 is 21.7 Å². The largest absolute Gasteiger partial charge is 1.00 e. The SMILES string of the molecule is CCCCC(CCCCCOc1cccc2ccccc12)OCCCC[N+](C)(C)C.[Br-]. The van der Waals surface area contributed by atoms with Crippen LogP contribution in [0.2, 0.25) is 0 Å². The third-order valence-corrected chi connectivity index (χ3v) is 5.63. The van der Waals surface area contributed by atoms with Crippen molar-refractivity contribution in [1.29, 1.82) is 0 Å². The number of quaternary nitrogens is 1. The molecule has 0 heterocycles. The van der Waals surface area contributed by atoms with Crippen LogP contribution in [-0.4, -0.2) is 51.5 Å². The third-order valence-electron chi connectivity index (χ3n) is 5.63. The highest BCUT2D eigenvalue weighted by Crippen LogP contribution is 2.25. The first-order valence-corrected chi connectivity index (χ1v) is 12.0. The van der Waals surface area contributed by atoms with Gasteiger partial charge in [-0.3, -0.25) is 0 Å². The fourth-order valence-corrected chi connectivity index (χ4v) is 3.84. The molecule has 0 aliphatic carbocycles. The topological polar surface area (TPSA) is 18.5 Å². The Balaban J connectivity index is 0.00000480. The van der Waals surface area contributed by atoms with Crippen LogP contribution in [0.4, 0.5) is 0 Å². The van der Waals surface area contributed by atoms with Crippen molar-refractivity contribution in [3.05, 3.63) is 42.5 Å². The molecule has 2 aromatic carbocycles. The predicted molar refractivity (Wildman–Crippen MR) is 129 cm³/mol. The first kappa shape index (κ1) is 27.9. The Kier molecular flexibility index (Phi) is 14.1. The number of hydrogen-bond acceptors (Lipinski definition) is 2. The van der Waals surface area contributed by atoms with Gasteiger partial charge in [0.2, 0.25) is 0 Å². The zero-order chi connectivity index (χ0) is 21.7. The standard InChI is InChI=1S/C27H44NO2.BrH/c1-5-6-17-25(29-22-13-11-21-28(2,3)4)18-8-7-12-23-30-27-20-14-16-24-15-9-10-19-26(24)27;/h9-10,14-16,19-20,25H,5-8,11-13,17-18,21-23H2,1-4H3;1H/q+1;/p-1. The van der Waals surface area contributed by atoms with Gasteiger partial charge in [0.15, 0.2) is 0 Å². The molecule has 1 atom stereocenters. The van der Waals surface area contributed by atoms with Crippen LogP contribution in [0.5, 0.6) is 5.75 Å². The van der Waals surface area contributed by atoms with Crippen LogP contribution in [0.1, 0.15) is 64.7 Å². The number of rotatable bonds is 16. The van der Waals surface area contributed by atoms with Crippen molar-refractivity contribution in [2.45, 2.75) is 70.8 Å². The summed E-state index contributed by atoms with van der Waals surface area (Å²) in [7, 11) is 6.78. The van der Waals surface area contributed by atoms with E-state index in [1.807, 2.05) is 0 Å². The quantitative estimate of drug-likeness (QED) is 0.261. The molecule has 4 heteroatoms. The molecule has 0 aliphatic heterocycles. The Bertz CT molecular complexity index is 708. The van der Waals surface area contributed by atoms with Crippen molar-refractivity contribution in [3.63, 3.8) is 0 Å². The Labute approximate surface area is 201 Å². The van der Waals surface area contributed by atoms with Crippen molar-refractivity contribution < 1.29 is 30.9 Å². The number of ether oxygens (including phenoxy) is 2. The summed E-state index contributed by atoms with van der Waals surface area (Å²) in [6.07, 6.45) is 11.3. The summed E-state index contributed by atoms with van der Waals surface area (Å²) in [6, 6.07) is 14.7.